The fourth-order valence-corrected chi connectivity index (χ4v) is 2.73. The van der Waals surface area contributed by atoms with Crippen LogP contribution in [0.15, 0.2) is 61.3 Å². The van der Waals surface area contributed by atoms with E-state index in [1.165, 1.54) is 24.5 Å². The van der Waals surface area contributed by atoms with Crippen LogP contribution in [0, 0.1) is 47.1 Å². The van der Waals surface area contributed by atoms with Crippen LogP contribution in [0.5, 0.6) is 17.6 Å². The standard InChI is InChI=1S/2C6H3N3.C6H6N2O.2C6H7NO2.CH4.Al.Li.4H/c2*1-8-6-2-5(3-7)4-9-6;1-9-6-2-5(3-7)4-8-6;2*1-9-6-2-5(4-8)3-7-6;;;;;;;/h2*2,4,9H;2,4,8H,1H3;2*2-4,7H,1H3;1H4;;;;;;/q;;;;;;;+1;;;;-1. The van der Waals surface area contributed by atoms with E-state index < -0.39 is 0 Å². The molecule has 0 spiro atoms. The molecule has 5 rings (SSSR count). The van der Waals surface area contributed by atoms with E-state index in [1.54, 1.807) is 58.1 Å². The van der Waals surface area contributed by atoms with Gasteiger partial charge in [0.25, 0.3) is 0 Å². The second kappa shape index (κ2) is 27.1. The third-order valence-electron chi connectivity index (χ3n) is 4.91. The Kier molecular flexibility index (Phi) is 26.0. The van der Waals surface area contributed by atoms with Crippen molar-refractivity contribution in [2.24, 2.45) is 0 Å². The third-order valence-corrected chi connectivity index (χ3v) is 4.91. The first-order chi connectivity index (χ1) is 21.8. The Balaban J connectivity index is -0.000000253. The minimum atomic E-state index is 0. The minimum absolute atomic E-state index is 0. The predicted octanol–water partition coefficient (Wildman–Crippen LogP) is 2.01. The minimum Gasteiger partial charge on any atom is -1.00 e. The van der Waals surface area contributed by atoms with Crippen molar-refractivity contribution < 1.29 is 44.1 Å². The molecule has 17 heteroatoms. The van der Waals surface area contributed by atoms with Gasteiger partial charge in [0.1, 0.15) is 18.2 Å². The van der Waals surface area contributed by atoms with Crippen LogP contribution >= 0.6 is 0 Å². The topological polar surface area (TPSA) is 221 Å². The normalized spacial score (nSPS) is 7.88. The van der Waals surface area contributed by atoms with Crippen LogP contribution in [0.2, 0.25) is 0 Å². The largest absolute Gasteiger partial charge is 1.00 e. The number of ether oxygens (including phenoxy) is 3. The van der Waals surface area contributed by atoms with Crippen LogP contribution in [0.4, 0.5) is 11.6 Å². The SMILES string of the molecule is C.COc1cc(C#N)c[nH]1.COc1cc(C=O)c[nH]1.COc1cc(C=O)c[nH]1.[AlH3].[C-]#[N+]c1cc(C#N)c[nH]1.[C-]#[N+]c1cc(C#N)c[nH]1.[H-].[Li+]. The second-order valence-corrected chi connectivity index (χ2v) is 7.80. The van der Waals surface area contributed by atoms with Gasteiger partial charge in [-0.05, 0) is 12.1 Å². The summed E-state index contributed by atoms with van der Waals surface area (Å²) >= 11 is 0. The quantitative estimate of drug-likeness (QED) is 0.106. The smallest absolute Gasteiger partial charge is 1.00 e. The molecule has 0 aliphatic heterocycles. The Bertz CT molecular complexity index is 1690. The van der Waals surface area contributed by atoms with Crippen molar-refractivity contribution in [3.05, 3.63) is 112 Å². The molecule has 0 fully saturated rings. The number of aromatic amines is 5. The molecular formula is C31H34AlLiN10O5. The van der Waals surface area contributed by atoms with Gasteiger partial charge in [-0.1, -0.05) is 20.6 Å². The molecule has 48 heavy (non-hydrogen) atoms. The predicted molar refractivity (Wildman–Crippen MR) is 179 cm³/mol. The second-order valence-electron chi connectivity index (χ2n) is 7.80. The van der Waals surface area contributed by atoms with Crippen LogP contribution in [0.3, 0.4) is 0 Å². The Morgan fingerprint density at radius 2 is 0.938 bits per heavy atom. The number of aromatic nitrogens is 5. The molecular weight excluding hydrogens is 626 g/mol. The average Bonchev–Trinajstić information content (AvgIpc) is 3.95. The van der Waals surface area contributed by atoms with Gasteiger partial charge in [0.05, 0.1) is 50.4 Å². The summed E-state index contributed by atoms with van der Waals surface area (Å²) in [6.07, 6.45) is 9.31. The van der Waals surface area contributed by atoms with Gasteiger partial charge in [0, 0.05) is 47.9 Å². The van der Waals surface area contributed by atoms with Gasteiger partial charge < -0.3 is 50.2 Å². The first-order valence-corrected chi connectivity index (χ1v) is 12.2. The molecule has 0 aliphatic rings. The van der Waals surface area contributed by atoms with Crippen molar-refractivity contribution in [2.75, 3.05) is 21.3 Å². The molecule has 0 radical (unpaired) electrons. The van der Waals surface area contributed by atoms with E-state index in [0.29, 0.717) is 57.1 Å². The number of carbonyl (C=O) groups excluding carboxylic acids is 2. The zero-order chi connectivity index (χ0) is 33.5. The van der Waals surface area contributed by atoms with Gasteiger partial charge in [-0.15, -0.1) is 0 Å². The number of carbonyl (C=O) groups is 2. The summed E-state index contributed by atoms with van der Waals surface area (Å²) in [5.74, 6) is 2.65. The van der Waals surface area contributed by atoms with E-state index in [-0.39, 0.29) is 45.1 Å². The Labute approximate surface area is 301 Å². The third kappa shape index (κ3) is 17.3. The van der Waals surface area contributed by atoms with E-state index in [9.17, 15) is 9.59 Å². The zero-order valence-electron chi connectivity index (χ0n) is 26.2. The van der Waals surface area contributed by atoms with Crippen LogP contribution in [-0.4, -0.2) is 76.2 Å². The molecule has 15 nitrogen and oxygen atoms in total. The van der Waals surface area contributed by atoms with Crippen molar-refractivity contribution in [2.45, 2.75) is 7.43 Å². The van der Waals surface area contributed by atoms with Crippen LogP contribution in [0.25, 0.3) is 9.69 Å². The maximum atomic E-state index is 10.1. The van der Waals surface area contributed by atoms with Gasteiger partial charge in [-0.25, -0.2) is 0 Å². The fourth-order valence-electron chi connectivity index (χ4n) is 2.73. The molecule has 0 unspecified atom stereocenters. The molecule has 0 amide bonds. The first-order valence-electron chi connectivity index (χ1n) is 12.2. The molecule has 5 aromatic rings. The number of methoxy groups -OCH3 is 3. The number of hydrogen-bond acceptors (Lipinski definition) is 8. The van der Waals surface area contributed by atoms with Crippen LogP contribution < -0.4 is 33.1 Å². The van der Waals surface area contributed by atoms with Crippen molar-refractivity contribution in [1.29, 1.82) is 15.8 Å². The van der Waals surface area contributed by atoms with E-state index >= 15 is 0 Å². The van der Waals surface area contributed by atoms with E-state index in [0.717, 1.165) is 12.6 Å². The van der Waals surface area contributed by atoms with Gasteiger partial charge in [-0.3, -0.25) is 9.59 Å². The first kappa shape index (κ1) is 46.1. The van der Waals surface area contributed by atoms with Crippen molar-refractivity contribution >= 4 is 41.6 Å². The summed E-state index contributed by atoms with van der Waals surface area (Å²) in [5.41, 5.74) is 2.80. The summed E-state index contributed by atoms with van der Waals surface area (Å²) in [6, 6.07) is 13.7. The summed E-state index contributed by atoms with van der Waals surface area (Å²) in [4.78, 5) is 39.8. The van der Waals surface area contributed by atoms with Crippen LogP contribution in [-0.2, 0) is 0 Å². The van der Waals surface area contributed by atoms with E-state index in [1.807, 2.05) is 18.2 Å². The van der Waals surface area contributed by atoms with Gasteiger partial charge >= 0.3 is 18.9 Å². The zero-order valence-corrected chi connectivity index (χ0v) is 25.2. The fraction of sp³-hybridized carbons (Fsp3) is 0.129. The monoisotopic (exact) mass is 660 g/mol. The molecule has 5 heterocycles. The molecule has 0 aliphatic carbocycles. The molecule has 5 N–H and O–H groups in total. The van der Waals surface area contributed by atoms with E-state index in [2.05, 4.69) is 34.6 Å². The van der Waals surface area contributed by atoms with Gasteiger partial charge in [0.2, 0.25) is 11.6 Å². The number of hydrogen-bond donors (Lipinski definition) is 5. The van der Waals surface area contributed by atoms with Crippen molar-refractivity contribution in [1.82, 2.24) is 24.9 Å². The molecule has 0 saturated carbocycles. The number of nitriles is 3. The Hall–Kier alpha value is -6.28. The molecule has 5 aromatic heterocycles. The maximum Gasteiger partial charge on any atom is 1.00 e. The molecule has 242 valence electrons. The van der Waals surface area contributed by atoms with E-state index in [4.69, 9.17) is 43.1 Å². The number of rotatable bonds is 5. The Morgan fingerprint density at radius 1 is 0.625 bits per heavy atom. The number of nitrogens with one attached hydrogen (secondary N) is 5. The van der Waals surface area contributed by atoms with Gasteiger partial charge in [-0.2, -0.15) is 15.8 Å². The number of nitrogens with zero attached hydrogens (tertiary/aromatic N) is 5. The average molecular weight is 661 g/mol. The summed E-state index contributed by atoms with van der Waals surface area (Å²) in [6.45, 7) is 13.0. The van der Waals surface area contributed by atoms with Crippen molar-refractivity contribution in [3.8, 4) is 35.8 Å². The summed E-state index contributed by atoms with van der Waals surface area (Å²) in [5, 5.41) is 24.9. The molecule has 0 atom stereocenters. The van der Waals surface area contributed by atoms with Crippen molar-refractivity contribution in [3.63, 3.8) is 0 Å². The molecule has 0 saturated heterocycles. The number of aldehydes is 2. The van der Waals surface area contributed by atoms with Crippen LogP contribution in [0.1, 0.15) is 46.3 Å². The molecule has 0 aromatic carbocycles. The summed E-state index contributed by atoms with van der Waals surface area (Å²) in [7, 11) is 4.63. The maximum absolute atomic E-state index is 10.1. The van der Waals surface area contributed by atoms with Gasteiger partial charge in [0.15, 0.2) is 47.6 Å². The Morgan fingerprint density at radius 3 is 1.12 bits per heavy atom. The number of H-pyrrole nitrogens is 5. The summed E-state index contributed by atoms with van der Waals surface area (Å²) < 4.78 is 14.4. The molecule has 0 bridgehead atoms.